The van der Waals surface area contributed by atoms with Gasteiger partial charge in [-0.15, -0.1) is 0 Å². The van der Waals surface area contributed by atoms with E-state index in [1.807, 2.05) is 12.4 Å². The molecule has 1 aromatic carbocycles. The molecule has 1 fully saturated rings. The molecule has 1 heterocycles. The molecule has 1 saturated carbocycles. The van der Waals surface area contributed by atoms with Crippen LogP contribution < -0.4 is 0 Å². The Hall–Kier alpha value is -2.21. The van der Waals surface area contributed by atoms with Gasteiger partial charge in [-0.2, -0.15) is 5.26 Å². The zero-order valence-electron chi connectivity index (χ0n) is 25.9. The van der Waals surface area contributed by atoms with Crippen LogP contribution in [-0.4, -0.2) is 9.97 Å². The minimum atomic E-state index is -0.0805. The highest BCUT2D eigenvalue weighted by Crippen LogP contribution is 2.45. The Morgan fingerprint density at radius 2 is 1.20 bits per heavy atom. The summed E-state index contributed by atoms with van der Waals surface area (Å²) in [6.07, 6.45) is 32.1. The van der Waals surface area contributed by atoms with Crippen molar-refractivity contribution in [3.8, 4) is 17.5 Å². The van der Waals surface area contributed by atoms with Crippen LogP contribution in [0.4, 0.5) is 0 Å². The van der Waals surface area contributed by atoms with Crippen LogP contribution in [0.15, 0.2) is 36.7 Å². The molecule has 0 atom stereocenters. The third-order valence-electron chi connectivity index (χ3n) is 9.35. The largest absolute Gasteiger partial charge is 0.236 e. The predicted octanol–water partition coefficient (Wildman–Crippen LogP) is 11.5. The number of unbranched alkanes of at least 4 members (excludes halogenated alkanes) is 14. The van der Waals surface area contributed by atoms with Gasteiger partial charge < -0.3 is 0 Å². The molecule has 0 unspecified atom stereocenters. The molecule has 0 amide bonds. The Bertz CT molecular complexity index is 948. The molecular formula is C37H57N3. The highest BCUT2D eigenvalue weighted by Gasteiger charge is 2.35. The van der Waals surface area contributed by atoms with Gasteiger partial charge in [-0.3, -0.25) is 0 Å². The molecule has 0 radical (unpaired) electrons. The number of benzene rings is 1. The number of nitriles is 1. The number of aryl methyl sites for hydroxylation is 1. The summed E-state index contributed by atoms with van der Waals surface area (Å²) in [7, 11) is 0. The van der Waals surface area contributed by atoms with E-state index in [1.165, 1.54) is 114 Å². The molecule has 3 heteroatoms. The lowest BCUT2D eigenvalue weighted by Gasteiger charge is -2.35. The van der Waals surface area contributed by atoms with E-state index in [0.717, 1.165) is 49.9 Å². The van der Waals surface area contributed by atoms with Gasteiger partial charge in [-0.05, 0) is 62.0 Å². The van der Waals surface area contributed by atoms with Crippen LogP contribution in [0, 0.1) is 16.7 Å². The minimum Gasteiger partial charge on any atom is -0.236 e. The van der Waals surface area contributed by atoms with Crippen LogP contribution in [-0.2, 0) is 6.42 Å². The minimum absolute atomic E-state index is 0.0805. The van der Waals surface area contributed by atoms with Crippen molar-refractivity contribution >= 4 is 0 Å². The van der Waals surface area contributed by atoms with Crippen molar-refractivity contribution in [3.05, 3.63) is 47.8 Å². The van der Waals surface area contributed by atoms with Gasteiger partial charge in [0, 0.05) is 18.0 Å². The van der Waals surface area contributed by atoms with Gasteiger partial charge in [-0.25, -0.2) is 9.97 Å². The van der Waals surface area contributed by atoms with Crippen LogP contribution in [0.3, 0.4) is 0 Å². The molecule has 220 valence electrons. The second kappa shape index (κ2) is 19.0. The fourth-order valence-corrected chi connectivity index (χ4v) is 6.52. The maximum atomic E-state index is 10.0. The van der Waals surface area contributed by atoms with Crippen molar-refractivity contribution < 1.29 is 0 Å². The van der Waals surface area contributed by atoms with Gasteiger partial charge in [0.25, 0.3) is 0 Å². The van der Waals surface area contributed by atoms with Crippen molar-refractivity contribution in [2.24, 2.45) is 5.41 Å². The van der Waals surface area contributed by atoms with Crippen LogP contribution in [0.2, 0.25) is 0 Å². The first kappa shape index (κ1) is 32.3. The van der Waals surface area contributed by atoms with Crippen molar-refractivity contribution in [3.63, 3.8) is 0 Å². The molecule has 3 rings (SSSR count). The van der Waals surface area contributed by atoms with Crippen LogP contribution in [0.25, 0.3) is 11.4 Å². The van der Waals surface area contributed by atoms with E-state index in [0.29, 0.717) is 5.92 Å². The van der Waals surface area contributed by atoms with Gasteiger partial charge in [0.15, 0.2) is 5.82 Å². The lowest BCUT2D eigenvalue weighted by atomic mass is 9.67. The third-order valence-corrected chi connectivity index (χ3v) is 9.35. The average Bonchev–Trinajstić information content (AvgIpc) is 3.00. The molecule has 2 aromatic rings. The summed E-state index contributed by atoms with van der Waals surface area (Å²) in [4.78, 5) is 9.37. The number of nitrogens with zero attached hydrogens (tertiary/aromatic N) is 3. The highest BCUT2D eigenvalue weighted by molar-refractivity contribution is 5.55. The molecule has 0 saturated heterocycles. The van der Waals surface area contributed by atoms with Crippen molar-refractivity contribution in [2.75, 3.05) is 0 Å². The second-order valence-corrected chi connectivity index (χ2v) is 12.7. The van der Waals surface area contributed by atoms with Crippen molar-refractivity contribution in [1.82, 2.24) is 9.97 Å². The summed E-state index contributed by atoms with van der Waals surface area (Å²) in [5, 5.41) is 10.0. The van der Waals surface area contributed by atoms with Gasteiger partial charge in [0.1, 0.15) is 0 Å². The zero-order valence-corrected chi connectivity index (χ0v) is 25.9. The number of rotatable bonds is 20. The molecule has 40 heavy (non-hydrogen) atoms. The van der Waals surface area contributed by atoms with Crippen LogP contribution >= 0.6 is 0 Å². The number of aromatic nitrogens is 2. The molecule has 1 aliphatic carbocycles. The Balaban J connectivity index is 1.36. The van der Waals surface area contributed by atoms with Gasteiger partial charge >= 0.3 is 0 Å². The quantitative estimate of drug-likeness (QED) is 0.156. The molecule has 1 aliphatic rings. The van der Waals surface area contributed by atoms with Crippen molar-refractivity contribution in [1.29, 1.82) is 5.26 Å². The Kier molecular flexibility index (Phi) is 15.4. The van der Waals surface area contributed by atoms with E-state index in [-0.39, 0.29) is 5.41 Å². The molecule has 0 spiro atoms. The lowest BCUT2D eigenvalue weighted by molar-refractivity contribution is 0.222. The predicted molar refractivity (Wildman–Crippen MR) is 170 cm³/mol. The Labute approximate surface area is 246 Å². The molecule has 0 bridgehead atoms. The standard InChI is InChI=1S/C37H57N3/c1-3-5-7-9-11-13-15-17-19-32-29-39-36(40-30-32)35-22-20-33(21-23-35)34-24-27-37(31-38,28-25-34)26-18-16-14-12-10-8-6-4-2/h20-23,29-30,34H,3-19,24-28H2,1-2H3. The van der Waals surface area contributed by atoms with Crippen molar-refractivity contribution in [2.45, 2.75) is 161 Å². The highest BCUT2D eigenvalue weighted by atomic mass is 14.9. The van der Waals surface area contributed by atoms with Gasteiger partial charge in [-0.1, -0.05) is 134 Å². The average molecular weight is 544 g/mol. The summed E-state index contributed by atoms with van der Waals surface area (Å²) >= 11 is 0. The molecule has 1 aromatic heterocycles. The van der Waals surface area contributed by atoms with Gasteiger partial charge in [0.05, 0.1) is 11.5 Å². The first-order valence-corrected chi connectivity index (χ1v) is 17.0. The maximum Gasteiger partial charge on any atom is 0.159 e. The third kappa shape index (κ3) is 11.3. The fourth-order valence-electron chi connectivity index (χ4n) is 6.52. The van der Waals surface area contributed by atoms with Gasteiger partial charge in [0.2, 0.25) is 0 Å². The van der Waals surface area contributed by atoms with E-state index in [9.17, 15) is 5.26 Å². The van der Waals surface area contributed by atoms with E-state index in [1.54, 1.807) is 0 Å². The molecular weight excluding hydrogens is 486 g/mol. The SMILES string of the molecule is CCCCCCCCCCc1cnc(-c2ccc(C3CCC(C#N)(CCCCCCCCCC)CC3)cc2)nc1. The number of hydrogen-bond donors (Lipinski definition) is 0. The van der Waals surface area contributed by atoms with Crippen LogP contribution in [0.1, 0.15) is 166 Å². The summed E-state index contributed by atoms with van der Waals surface area (Å²) in [5.74, 6) is 1.40. The summed E-state index contributed by atoms with van der Waals surface area (Å²) in [6, 6.07) is 11.7. The normalized spacial score (nSPS) is 19.0. The summed E-state index contributed by atoms with van der Waals surface area (Å²) < 4.78 is 0. The Morgan fingerprint density at radius 3 is 1.73 bits per heavy atom. The second-order valence-electron chi connectivity index (χ2n) is 12.7. The maximum absolute atomic E-state index is 10.0. The molecule has 3 nitrogen and oxygen atoms in total. The van der Waals surface area contributed by atoms with E-state index in [4.69, 9.17) is 0 Å². The lowest BCUT2D eigenvalue weighted by Crippen LogP contribution is -2.25. The van der Waals surface area contributed by atoms with E-state index >= 15 is 0 Å². The monoisotopic (exact) mass is 543 g/mol. The molecule has 0 N–H and O–H groups in total. The first-order valence-electron chi connectivity index (χ1n) is 17.0. The smallest absolute Gasteiger partial charge is 0.159 e. The zero-order chi connectivity index (χ0) is 28.3. The van der Waals surface area contributed by atoms with E-state index < -0.39 is 0 Å². The van der Waals surface area contributed by atoms with Crippen LogP contribution in [0.5, 0.6) is 0 Å². The first-order chi connectivity index (χ1) is 19.7. The Morgan fingerprint density at radius 1 is 0.700 bits per heavy atom. The molecule has 0 aliphatic heterocycles. The van der Waals surface area contributed by atoms with E-state index in [2.05, 4.69) is 54.2 Å². The summed E-state index contributed by atoms with van der Waals surface area (Å²) in [5.41, 5.74) is 3.68. The summed E-state index contributed by atoms with van der Waals surface area (Å²) in [6.45, 7) is 4.55. The fraction of sp³-hybridized carbons (Fsp3) is 0.703. The topological polar surface area (TPSA) is 49.6 Å². The number of hydrogen-bond acceptors (Lipinski definition) is 3.